The van der Waals surface area contributed by atoms with Crippen LogP contribution in [0.15, 0.2) is 22.8 Å². The molecule has 1 unspecified atom stereocenters. The van der Waals surface area contributed by atoms with Crippen LogP contribution in [0.5, 0.6) is 0 Å². The lowest BCUT2D eigenvalue weighted by molar-refractivity contribution is 0.642. The Balaban J connectivity index is 2.30. The van der Waals surface area contributed by atoms with Gasteiger partial charge in [-0.3, -0.25) is 0 Å². The summed E-state index contributed by atoms with van der Waals surface area (Å²) in [4.78, 5) is 0. The average Bonchev–Trinajstić information content (AvgIpc) is 2.32. The van der Waals surface area contributed by atoms with Crippen LogP contribution in [-0.2, 0) is 0 Å². The van der Waals surface area contributed by atoms with Crippen molar-refractivity contribution in [1.82, 2.24) is 0 Å². The molecule has 2 aliphatic rings. The van der Waals surface area contributed by atoms with Gasteiger partial charge in [-0.25, -0.2) is 0 Å². The van der Waals surface area contributed by atoms with E-state index in [0.717, 1.165) is 5.92 Å². The highest BCUT2D eigenvalue weighted by Crippen LogP contribution is 2.39. The molecule has 0 aromatic carbocycles. The zero-order valence-corrected chi connectivity index (χ0v) is 7.48. The van der Waals surface area contributed by atoms with E-state index in [-0.39, 0.29) is 0 Å². The zero-order chi connectivity index (χ0) is 7.84. The molecular formula is C11H16. The highest BCUT2D eigenvalue weighted by atomic mass is 14.3. The SMILES string of the molecule is CC1=CC2=C(CC1)C(C)CC2. The van der Waals surface area contributed by atoms with Gasteiger partial charge in [0.2, 0.25) is 0 Å². The van der Waals surface area contributed by atoms with Crippen molar-refractivity contribution in [1.29, 1.82) is 0 Å². The number of allylic oxidation sites excluding steroid dienone is 4. The van der Waals surface area contributed by atoms with Crippen molar-refractivity contribution >= 4 is 0 Å². The minimum Gasteiger partial charge on any atom is -0.0727 e. The van der Waals surface area contributed by atoms with Crippen molar-refractivity contribution in [2.75, 3.05) is 0 Å². The predicted octanol–water partition coefficient (Wildman–Crippen LogP) is 3.45. The molecule has 0 spiro atoms. The van der Waals surface area contributed by atoms with Gasteiger partial charge >= 0.3 is 0 Å². The first-order chi connectivity index (χ1) is 5.27. The van der Waals surface area contributed by atoms with Gasteiger partial charge in [-0.15, -0.1) is 0 Å². The van der Waals surface area contributed by atoms with Gasteiger partial charge in [-0.2, -0.15) is 0 Å². The molecule has 0 bridgehead atoms. The summed E-state index contributed by atoms with van der Waals surface area (Å²) in [7, 11) is 0. The van der Waals surface area contributed by atoms with Crippen LogP contribution in [0.3, 0.4) is 0 Å². The summed E-state index contributed by atoms with van der Waals surface area (Å²) in [6.07, 6.45) is 7.81. The Kier molecular flexibility index (Phi) is 1.63. The summed E-state index contributed by atoms with van der Waals surface area (Å²) in [6, 6.07) is 0. The Morgan fingerprint density at radius 1 is 1.27 bits per heavy atom. The van der Waals surface area contributed by atoms with Crippen molar-refractivity contribution < 1.29 is 0 Å². The highest BCUT2D eigenvalue weighted by Gasteiger charge is 2.22. The maximum absolute atomic E-state index is 2.42. The van der Waals surface area contributed by atoms with Crippen LogP contribution in [0.4, 0.5) is 0 Å². The normalized spacial score (nSPS) is 30.4. The molecule has 11 heavy (non-hydrogen) atoms. The molecule has 0 heterocycles. The zero-order valence-electron chi connectivity index (χ0n) is 7.48. The molecule has 0 aromatic heterocycles. The second-order valence-corrected chi connectivity index (χ2v) is 3.98. The molecule has 0 fully saturated rings. The molecule has 0 amide bonds. The van der Waals surface area contributed by atoms with Gasteiger partial charge in [0.15, 0.2) is 0 Å². The fourth-order valence-corrected chi connectivity index (χ4v) is 2.30. The molecule has 0 nitrogen and oxygen atoms in total. The van der Waals surface area contributed by atoms with E-state index in [1.165, 1.54) is 25.7 Å². The van der Waals surface area contributed by atoms with Crippen LogP contribution < -0.4 is 0 Å². The van der Waals surface area contributed by atoms with Crippen LogP contribution in [0.25, 0.3) is 0 Å². The van der Waals surface area contributed by atoms with Gasteiger partial charge < -0.3 is 0 Å². The minimum atomic E-state index is 0.884. The Morgan fingerprint density at radius 3 is 2.91 bits per heavy atom. The van der Waals surface area contributed by atoms with Crippen LogP contribution in [0.1, 0.15) is 39.5 Å². The highest BCUT2D eigenvalue weighted by molar-refractivity contribution is 5.37. The van der Waals surface area contributed by atoms with Crippen molar-refractivity contribution in [3.8, 4) is 0 Å². The topological polar surface area (TPSA) is 0 Å². The first-order valence-electron chi connectivity index (χ1n) is 4.66. The van der Waals surface area contributed by atoms with Gasteiger partial charge in [-0.1, -0.05) is 24.1 Å². The summed E-state index contributed by atoms with van der Waals surface area (Å²) in [5.74, 6) is 0.884. The molecule has 0 radical (unpaired) electrons. The number of hydrogen-bond acceptors (Lipinski definition) is 0. The van der Waals surface area contributed by atoms with E-state index in [1.54, 1.807) is 16.7 Å². The van der Waals surface area contributed by atoms with Gasteiger partial charge in [0.25, 0.3) is 0 Å². The van der Waals surface area contributed by atoms with Gasteiger partial charge in [0, 0.05) is 0 Å². The smallest absolute Gasteiger partial charge is 0.0223 e. The van der Waals surface area contributed by atoms with E-state index in [9.17, 15) is 0 Å². The minimum absolute atomic E-state index is 0.884. The van der Waals surface area contributed by atoms with Crippen LogP contribution >= 0.6 is 0 Å². The van der Waals surface area contributed by atoms with E-state index >= 15 is 0 Å². The van der Waals surface area contributed by atoms with E-state index in [1.807, 2.05) is 0 Å². The Bertz CT molecular complexity index is 230. The quantitative estimate of drug-likeness (QED) is 0.493. The lowest BCUT2D eigenvalue weighted by Crippen LogP contribution is -1.97. The van der Waals surface area contributed by atoms with E-state index in [2.05, 4.69) is 19.9 Å². The maximum atomic E-state index is 2.42. The fraction of sp³-hybridized carbons (Fsp3) is 0.636. The largest absolute Gasteiger partial charge is 0.0727 e. The molecule has 0 aliphatic heterocycles. The third-order valence-electron chi connectivity index (χ3n) is 3.06. The molecule has 0 saturated carbocycles. The van der Waals surface area contributed by atoms with E-state index in [4.69, 9.17) is 0 Å². The van der Waals surface area contributed by atoms with Crippen LogP contribution in [-0.4, -0.2) is 0 Å². The number of hydrogen-bond donors (Lipinski definition) is 0. The molecule has 0 N–H and O–H groups in total. The van der Waals surface area contributed by atoms with E-state index < -0.39 is 0 Å². The van der Waals surface area contributed by atoms with Crippen LogP contribution in [0, 0.1) is 5.92 Å². The Labute approximate surface area is 69.0 Å². The van der Waals surface area contributed by atoms with Crippen LogP contribution in [0.2, 0.25) is 0 Å². The first kappa shape index (κ1) is 7.15. The molecule has 60 valence electrons. The van der Waals surface area contributed by atoms with Crippen molar-refractivity contribution in [2.24, 2.45) is 5.92 Å². The summed E-state index contributed by atoms with van der Waals surface area (Å²) in [6.45, 7) is 4.63. The van der Waals surface area contributed by atoms with Crippen molar-refractivity contribution in [2.45, 2.75) is 39.5 Å². The molecule has 2 aliphatic carbocycles. The summed E-state index contributed by atoms with van der Waals surface area (Å²) >= 11 is 0. The van der Waals surface area contributed by atoms with Gasteiger partial charge in [0.05, 0.1) is 0 Å². The van der Waals surface area contributed by atoms with Gasteiger partial charge in [0.1, 0.15) is 0 Å². The third-order valence-corrected chi connectivity index (χ3v) is 3.06. The van der Waals surface area contributed by atoms with Gasteiger partial charge in [-0.05, 0) is 44.1 Å². The summed E-state index contributed by atoms with van der Waals surface area (Å²) in [5.41, 5.74) is 5.01. The molecule has 2 rings (SSSR count). The molecule has 1 atom stereocenters. The maximum Gasteiger partial charge on any atom is -0.0223 e. The second-order valence-electron chi connectivity index (χ2n) is 3.98. The molecule has 0 aromatic rings. The third kappa shape index (κ3) is 1.15. The summed E-state index contributed by atoms with van der Waals surface area (Å²) < 4.78 is 0. The summed E-state index contributed by atoms with van der Waals surface area (Å²) in [5, 5.41) is 0. The predicted molar refractivity (Wildman–Crippen MR) is 48.4 cm³/mol. The molecular weight excluding hydrogens is 132 g/mol. The van der Waals surface area contributed by atoms with Crippen molar-refractivity contribution in [3.63, 3.8) is 0 Å². The number of rotatable bonds is 0. The first-order valence-corrected chi connectivity index (χ1v) is 4.66. The monoisotopic (exact) mass is 148 g/mol. The van der Waals surface area contributed by atoms with Crippen molar-refractivity contribution in [3.05, 3.63) is 22.8 Å². The Hall–Kier alpha value is -0.520. The fourth-order valence-electron chi connectivity index (χ4n) is 2.30. The lowest BCUT2D eigenvalue weighted by atomic mass is 9.91. The lowest BCUT2D eigenvalue weighted by Gasteiger charge is -2.15. The molecule has 0 heteroatoms. The molecule has 0 saturated heterocycles. The standard InChI is InChI=1S/C11H16/c1-8-3-6-11-9(2)4-5-10(11)7-8/h7,9H,3-6H2,1-2H3. The average molecular weight is 148 g/mol. The Morgan fingerprint density at radius 2 is 2.09 bits per heavy atom. The second kappa shape index (κ2) is 2.51. The van der Waals surface area contributed by atoms with E-state index in [0.29, 0.717) is 0 Å².